The van der Waals surface area contributed by atoms with E-state index in [0.29, 0.717) is 0 Å². The van der Waals surface area contributed by atoms with Gasteiger partial charge in [-0.05, 0) is 83.3 Å². The largest absolute Gasteiger partial charge is 0.503 e. The Kier molecular flexibility index (Phi) is 11.3. The number of ether oxygens (including phenoxy) is 1. The quantitative estimate of drug-likeness (QED) is 0.205. The molecule has 4 rings (SSSR count). The molecule has 0 unspecified atom stereocenters. The monoisotopic (exact) mass is 641 g/mol. The smallest absolute Gasteiger partial charge is 0.0145 e. The summed E-state index contributed by atoms with van der Waals surface area (Å²) in [5.41, 5.74) is 11.9. The molecule has 0 saturated carbocycles. The van der Waals surface area contributed by atoms with Crippen LogP contribution in [0.4, 0.5) is 11.4 Å². The maximum absolute atomic E-state index is 5.82. The maximum Gasteiger partial charge on any atom is 0.0145 e. The summed E-state index contributed by atoms with van der Waals surface area (Å²) >= 11 is -1.77. The number of para-hydroxylation sites is 1. The van der Waals surface area contributed by atoms with Crippen LogP contribution in [-0.4, -0.2) is 23.8 Å². The zero-order valence-electron chi connectivity index (χ0n) is 23.9. The van der Waals surface area contributed by atoms with E-state index in [1.807, 2.05) is 42.7 Å². The maximum atomic E-state index is 5.82. The summed E-state index contributed by atoms with van der Waals surface area (Å²) in [4.78, 5) is 4.87. The molecule has 0 radical (unpaired) electrons. The molecule has 1 fully saturated rings. The van der Waals surface area contributed by atoms with Crippen LogP contribution in [0.25, 0.3) is 0 Å². The molecule has 0 bridgehead atoms. The fourth-order valence-corrected chi connectivity index (χ4v) is 7.10. The summed E-state index contributed by atoms with van der Waals surface area (Å²) in [6.07, 6.45) is 1.34. The van der Waals surface area contributed by atoms with Crippen LogP contribution in [0.5, 0.6) is 5.75 Å². The molecule has 3 aromatic carbocycles. The molecule has 0 amide bonds. The predicted octanol–water partition coefficient (Wildman–Crippen LogP) is 8.92. The van der Waals surface area contributed by atoms with Crippen molar-refractivity contribution in [2.75, 3.05) is 22.9 Å². The van der Waals surface area contributed by atoms with Gasteiger partial charge >= 0.3 is 97.8 Å². The van der Waals surface area contributed by atoms with Crippen molar-refractivity contribution in [2.45, 2.75) is 67.9 Å². The van der Waals surface area contributed by atoms with Crippen LogP contribution < -0.4 is 14.5 Å². The van der Waals surface area contributed by atoms with Crippen molar-refractivity contribution in [2.24, 2.45) is 0 Å². The number of halogens is 2. The Morgan fingerprint density at radius 2 is 1.24 bits per heavy atom. The first-order valence-electron chi connectivity index (χ1n) is 13.1. The van der Waals surface area contributed by atoms with Crippen LogP contribution in [0.3, 0.4) is 0 Å². The third-order valence-electron chi connectivity index (χ3n) is 6.39. The molecule has 0 aliphatic carbocycles. The van der Waals surface area contributed by atoms with E-state index in [1.165, 1.54) is 51.2 Å². The summed E-state index contributed by atoms with van der Waals surface area (Å²) in [6, 6.07) is 16.9. The van der Waals surface area contributed by atoms with Crippen LogP contribution in [0.2, 0.25) is 0 Å². The first kappa shape index (κ1) is 30.7. The second-order valence-corrected chi connectivity index (χ2v) is 16.1. The van der Waals surface area contributed by atoms with Gasteiger partial charge in [-0.15, -0.1) is 0 Å². The summed E-state index contributed by atoms with van der Waals surface area (Å²) < 4.78 is 7.51. The molecule has 208 valence electrons. The topological polar surface area (TPSA) is 15.7 Å². The van der Waals surface area contributed by atoms with E-state index in [4.69, 9.17) is 24.1 Å². The average Bonchev–Trinajstić information content (AvgIpc) is 2.79. The normalized spacial score (nSPS) is 13.7. The van der Waals surface area contributed by atoms with Crippen LogP contribution in [0, 0.1) is 48.2 Å². The van der Waals surface area contributed by atoms with Crippen LogP contribution in [0.15, 0.2) is 48.5 Å². The van der Waals surface area contributed by atoms with Gasteiger partial charge in [0.1, 0.15) is 0 Å². The van der Waals surface area contributed by atoms with Crippen molar-refractivity contribution in [3.63, 3.8) is 0 Å². The van der Waals surface area contributed by atoms with E-state index >= 15 is 0 Å². The van der Waals surface area contributed by atoms with Crippen molar-refractivity contribution in [3.05, 3.63) is 94.1 Å². The molecule has 3 nitrogen and oxygen atoms in total. The second kappa shape index (κ2) is 14.0. The molecule has 1 aliphatic rings. The van der Waals surface area contributed by atoms with Gasteiger partial charge in [0.25, 0.3) is 0 Å². The number of hydrogen-bond donors (Lipinski definition) is 0. The summed E-state index contributed by atoms with van der Waals surface area (Å²) in [5, 5.41) is 0. The molecule has 0 atom stereocenters. The molecule has 3 aromatic rings. The zero-order chi connectivity index (χ0) is 28.0. The first-order chi connectivity index (χ1) is 18.0. The van der Waals surface area contributed by atoms with Gasteiger partial charge < -0.3 is 9.80 Å². The Labute approximate surface area is 243 Å². The third-order valence-corrected chi connectivity index (χ3v) is 8.22. The van der Waals surface area contributed by atoms with Crippen LogP contribution in [-0.2, 0) is 13.5 Å². The molecule has 1 heterocycles. The first-order valence-corrected chi connectivity index (χ1v) is 18.6. The number of anilines is 2. The molecule has 1 saturated heterocycles. The molecule has 0 spiro atoms. The zero-order valence-corrected chi connectivity index (χ0v) is 27.1. The number of benzene rings is 3. The van der Waals surface area contributed by atoms with E-state index < -0.39 is 13.5 Å². The molecule has 1 aliphatic heterocycles. The van der Waals surface area contributed by atoms with Crippen molar-refractivity contribution < 1.29 is 18.3 Å². The van der Waals surface area contributed by atoms with Gasteiger partial charge in [-0.2, -0.15) is 6.67 Å². The minimum atomic E-state index is -1.77. The fourth-order valence-electron chi connectivity index (χ4n) is 5.29. The van der Waals surface area contributed by atoms with Gasteiger partial charge in [-0.3, -0.25) is 0 Å². The van der Waals surface area contributed by atoms with E-state index in [1.54, 1.807) is 0 Å². The summed E-state index contributed by atoms with van der Waals surface area (Å²) in [6.45, 7) is 21.7. The van der Waals surface area contributed by atoms with Crippen molar-refractivity contribution in [3.8, 4) is 5.75 Å². The third kappa shape index (κ3) is 8.31. The molecule has 0 aromatic heterocycles. The van der Waals surface area contributed by atoms with Crippen LogP contribution in [0.1, 0.15) is 59.2 Å². The van der Waals surface area contributed by atoms with Gasteiger partial charge in [0, 0.05) is 11.4 Å². The molecular formula is C32H41Cl2N2ORu-. The second-order valence-electron chi connectivity index (χ2n) is 10.4. The summed E-state index contributed by atoms with van der Waals surface area (Å²) in [7, 11) is 11.6. The molecule has 0 N–H and O–H groups in total. The minimum Gasteiger partial charge on any atom is -0.503 e. The van der Waals surface area contributed by atoms with Gasteiger partial charge in [0.2, 0.25) is 0 Å². The Hall–Kier alpha value is -1.87. The standard InChI is InChI=1S/C22H29N2.C10H12O.2ClH.Ru/c1-15-10-17(3)21(18(4)11-15)23-8-7-9-24(14-23)22-19(5)12-16(2)13-20(22)6;1-8(2)11-10-7-5-4-6-9(10)3;;;/h10-14H,7-9H2,1-6H3;3-8H,1-2H3;2*1H;/q-1;;;;+2/p-2. The molecule has 38 heavy (non-hydrogen) atoms. The van der Waals surface area contributed by atoms with Gasteiger partial charge in [0.05, 0.1) is 0 Å². The number of rotatable bonds is 5. The molecule has 6 heteroatoms. The molecular weight excluding hydrogens is 600 g/mol. The van der Waals surface area contributed by atoms with Crippen molar-refractivity contribution in [1.29, 1.82) is 0 Å². The number of aryl methyl sites for hydroxylation is 6. The Balaban J connectivity index is 0.000000244. The summed E-state index contributed by atoms with van der Waals surface area (Å²) in [5.74, 6) is 0.850. The minimum absolute atomic E-state index is 0.163. The SMILES string of the molecule is CC(C)Oc1ccccc1[CH]=[Ru]([Cl])[Cl].Cc1cc(C)c(N2[CH-]N(c3c(C)cc(C)cc3C)CCC2)c(C)c1. The van der Waals surface area contributed by atoms with Gasteiger partial charge in [0.15, 0.2) is 0 Å². The Morgan fingerprint density at radius 3 is 1.66 bits per heavy atom. The van der Waals surface area contributed by atoms with Crippen molar-refractivity contribution in [1.82, 2.24) is 0 Å². The predicted molar refractivity (Wildman–Crippen MR) is 164 cm³/mol. The average molecular weight is 642 g/mol. The fraction of sp³-hybridized carbons (Fsp3) is 0.375. The number of hydrogen-bond acceptors (Lipinski definition) is 3. The van der Waals surface area contributed by atoms with Gasteiger partial charge in [-0.25, -0.2) is 0 Å². The van der Waals surface area contributed by atoms with E-state index in [9.17, 15) is 0 Å². The Bertz CT molecular complexity index is 1170. The van der Waals surface area contributed by atoms with Crippen LogP contribution >= 0.6 is 19.4 Å². The number of nitrogens with zero attached hydrogens (tertiary/aromatic N) is 2. The van der Waals surface area contributed by atoms with E-state index in [-0.39, 0.29) is 6.10 Å². The van der Waals surface area contributed by atoms with E-state index in [2.05, 4.69) is 82.3 Å². The van der Waals surface area contributed by atoms with Gasteiger partial charge in [-0.1, -0.05) is 35.4 Å². The van der Waals surface area contributed by atoms with E-state index in [0.717, 1.165) is 24.4 Å². The Morgan fingerprint density at radius 1 is 0.789 bits per heavy atom. The van der Waals surface area contributed by atoms with Crippen molar-refractivity contribution >= 4 is 35.4 Å².